The standard InChI is InChI=1S/C15H12FN7OS/c16-12-3-1-2-4-13(12)18-15(25)20-19-14(24)10-5-7-11(8-6-10)23-9-17-21-22-23/h1-9H,(H,19,24)(H2,18,20,25). The second kappa shape index (κ2) is 7.45. The van der Waals surface area contributed by atoms with Gasteiger partial charge in [0.25, 0.3) is 5.91 Å². The van der Waals surface area contributed by atoms with Gasteiger partial charge in [-0.2, -0.15) is 0 Å². The molecule has 0 atom stereocenters. The molecule has 3 rings (SSSR count). The first-order valence-electron chi connectivity index (χ1n) is 7.09. The maximum absolute atomic E-state index is 13.5. The van der Waals surface area contributed by atoms with Crippen molar-refractivity contribution in [1.29, 1.82) is 0 Å². The highest BCUT2D eigenvalue weighted by molar-refractivity contribution is 7.80. The monoisotopic (exact) mass is 357 g/mol. The number of tetrazole rings is 1. The Morgan fingerprint density at radius 2 is 1.84 bits per heavy atom. The zero-order chi connectivity index (χ0) is 17.6. The van der Waals surface area contributed by atoms with Gasteiger partial charge in [-0.3, -0.25) is 15.6 Å². The molecule has 0 saturated heterocycles. The third kappa shape index (κ3) is 4.12. The molecule has 1 aromatic heterocycles. The second-order valence-corrected chi connectivity index (χ2v) is 5.22. The minimum absolute atomic E-state index is 0.0590. The predicted octanol–water partition coefficient (Wildman–Crippen LogP) is 1.43. The van der Waals surface area contributed by atoms with Crippen LogP contribution in [0, 0.1) is 5.82 Å². The number of hydrazine groups is 1. The number of thiocarbonyl (C=S) groups is 1. The molecular formula is C15H12FN7OS. The van der Waals surface area contributed by atoms with Crippen molar-refractivity contribution >= 4 is 28.9 Å². The van der Waals surface area contributed by atoms with Crippen LogP contribution >= 0.6 is 12.2 Å². The first kappa shape index (κ1) is 16.5. The summed E-state index contributed by atoms with van der Waals surface area (Å²) in [5.41, 5.74) is 6.27. The van der Waals surface area contributed by atoms with Crippen LogP contribution in [0.4, 0.5) is 10.1 Å². The summed E-state index contributed by atoms with van der Waals surface area (Å²) in [6, 6.07) is 12.7. The summed E-state index contributed by atoms with van der Waals surface area (Å²) in [5, 5.41) is 13.5. The van der Waals surface area contributed by atoms with E-state index in [-0.39, 0.29) is 10.8 Å². The van der Waals surface area contributed by atoms with E-state index in [9.17, 15) is 9.18 Å². The fraction of sp³-hybridized carbons (Fsp3) is 0. The average molecular weight is 357 g/mol. The van der Waals surface area contributed by atoms with Crippen molar-refractivity contribution in [3.05, 3.63) is 66.2 Å². The van der Waals surface area contributed by atoms with Gasteiger partial charge in [-0.25, -0.2) is 9.07 Å². The molecule has 0 unspecified atom stereocenters. The Kier molecular flexibility index (Phi) is 4.90. The lowest BCUT2D eigenvalue weighted by Crippen LogP contribution is -2.43. The summed E-state index contributed by atoms with van der Waals surface area (Å²) in [6.07, 6.45) is 1.45. The quantitative estimate of drug-likeness (QED) is 0.482. The summed E-state index contributed by atoms with van der Waals surface area (Å²) < 4.78 is 15.0. The maximum Gasteiger partial charge on any atom is 0.269 e. The Balaban J connectivity index is 1.55. The highest BCUT2D eigenvalue weighted by Gasteiger charge is 2.08. The SMILES string of the molecule is O=C(NNC(=S)Nc1ccccc1F)c1ccc(-n2cnnn2)cc1. The lowest BCUT2D eigenvalue weighted by Gasteiger charge is -2.12. The molecule has 1 amide bonds. The number of amides is 1. The summed E-state index contributed by atoms with van der Waals surface area (Å²) in [7, 11) is 0. The first-order valence-corrected chi connectivity index (χ1v) is 7.49. The molecular weight excluding hydrogens is 345 g/mol. The Morgan fingerprint density at radius 1 is 1.08 bits per heavy atom. The van der Waals surface area contributed by atoms with Crippen LogP contribution in [0.15, 0.2) is 54.9 Å². The number of para-hydroxylation sites is 1. The van der Waals surface area contributed by atoms with Crippen LogP contribution in [-0.2, 0) is 0 Å². The minimum atomic E-state index is -0.448. The lowest BCUT2D eigenvalue weighted by atomic mass is 10.2. The molecule has 0 aliphatic rings. The Labute approximate surface area is 147 Å². The molecule has 126 valence electrons. The summed E-state index contributed by atoms with van der Waals surface area (Å²) in [6.45, 7) is 0. The fourth-order valence-corrected chi connectivity index (χ4v) is 2.11. The minimum Gasteiger partial charge on any atom is -0.329 e. The van der Waals surface area contributed by atoms with Crippen molar-refractivity contribution in [2.24, 2.45) is 0 Å². The topological polar surface area (TPSA) is 96.8 Å². The zero-order valence-corrected chi connectivity index (χ0v) is 13.5. The van der Waals surface area contributed by atoms with Gasteiger partial charge in [-0.15, -0.1) is 5.10 Å². The molecule has 0 fully saturated rings. The molecule has 3 N–H and O–H groups in total. The highest BCUT2D eigenvalue weighted by atomic mass is 32.1. The van der Waals surface area contributed by atoms with E-state index >= 15 is 0 Å². The van der Waals surface area contributed by atoms with Gasteiger partial charge in [0, 0.05) is 5.56 Å². The van der Waals surface area contributed by atoms with E-state index in [1.165, 1.54) is 23.1 Å². The molecule has 25 heavy (non-hydrogen) atoms. The molecule has 1 heterocycles. The number of halogens is 1. The van der Waals surface area contributed by atoms with Crippen molar-refractivity contribution in [2.75, 3.05) is 5.32 Å². The number of hydrogen-bond acceptors (Lipinski definition) is 5. The van der Waals surface area contributed by atoms with E-state index in [4.69, 9.17) is 12.2 Å². The van der Waals surface area contributed by atoms with Crippen LogP contribution in [-0.4, -0.2) is 31.2 Å². The molecule has 8 nitrogen and oxygen atoms in total. The molecule has 3 aromatic rings. The number of anilines is 1. The molecule has 10 heteroatoms. The normalized spacial score (nSPS) is 10.1. The Morgan fingerprint density at radius 3 is 2.52 bits per heavy atom. The van der Waals surface area contributed by atoms with Crippen molar-refractivity contribution in [2.45, 2.75) is 0 Å². The highest BCUT2D eigenvalue weighted by Crippen LogP contribution is 2.12. The summed E-state index contributed by atoms with van der Waals surface area (Å²) in [4.78, 5) is 12.1. The Hall–Kier alpha value is -3.40. The predicted molar refractivity (Wildman–Crippen MR) is 92.4 cm³/mol. The molecule has 0 aliphatic heterocycles. The number of aromatic nitrogens is 4. The largest absolute Gasteiger partial charge is 0.329 e. The lowest BCUT2D eigenvalue weighted by molar-refractivity contribution is 0.0944. The summed E-state index contributed by atoms with van der Waals surface area (Å²) >= 11 is 5.01. The first-order chi connectivity index (χ1) is 12.1. The third-order valence-electron chi connectivity index (χ3n) is 3.15. The van der Waals surface area contributed by atoms with Crippen LogP contribution in [0.25, 0.3) is 5.69 Å². The van der Waals surface area contributed by atoms with Gasteiger partial charge in [-0.05, 0) is 59.0 Å². The molecule has 0 aliphatic carbocycles. The Bertz CT molecular complexity index is 883. The van der Waals surface area contributed by atoms with Crippen molar-refractivity contribution < 1.29 is 9.18 Å². The second-order valence-electron chi connectivity index (χ2n) is 4.81. The van der Waals surface area contributed by atoms with E-state index in [0.717, 1.165) is 0 Å². The van der Waals surface area contributed by atoms with Gasteiger partial charge in [0.05, 0.1) is 11.4 Å². The smallest absolute Gasteiger partial charge is 0.269 e. The van der Waals surface area contributed by atoms with Gasteiger partial charge in [0.1, 0.15) is 12.1 Å². The average Bonchev–Trinajstić information content (AvgIpc) is 3.16. The fourth-order valence-electron chi connectivity index (χ4n) is 1.95. The number of carbonyl (C=O) groups is 1. The molecule has 0 radical (unpaired) electrons. The molecule has 0 saturated carbocycles. The molecule has 0 bridgehead atoms. The van der Waals surface area contributed by atoms with E-state index in [1.807, 2.05) is 0 Å². The van der Waals surface area contributed by atoms with Gasteiger partial charge in [0.2, 0.25) is 0 Å². The summed E-state index contributed by atoms with van der Waals surface area (Å²) in [5.74, 6) is -0.850. The van der Waals surface area contributed by atoms with Crippen LogP contribution in [0.3, 0.4) is 0 Å². The number of carbonyl (C=O) groups excluding carboxylic acids is 1. The number of rotatable bonds is 3. The van der Waals surface area contributed by atoms with Crippen LogP contribution < -0.4 is 16.2 Å². The van der Waals surface area contributed by atoms with E-state index in [0.29, 0.717) is 11.3 Å². The van der Waals surface area contributed by atoms with Crippen molar-refractivity contribution in [3.8, 4) is 5.69 Å². The van der Waals surface area contributed by atoms with Crippen LogP contribution in [0.2, 0.25) is 0 Å². The third-order valence-corrected chi connectivity index (χ3v) is 3.36. The number of nitrogens with zero attached hydrogens (tertiary/aromatic N) is 4. The number of hydrogen-bond donors (Lipinski definition) is 3. The van der Waals surface area contributed by atoms with Crippen molar-refractivity contribution in [1.82, 2.24) is 31.1 Å². The molecule has 0 spiro atoms. The van der Waals surface area contributed by atoms with Gasteiger partial charge in [-0.1, -0.05) is 12.1 Å². The maximum atomic E-state index is 13.5. The van der Waals surface area contributed by atoms with Gasteiger partial charge < -0.3 is 5.32 Å². The number of nitrogens with one attached hydrogen (secondary N) is 3. The van der Waals surface area contributed by atoms with Crippen LogP contribution in [0.5, 0.6) is 0 Å². The van der Waals surface area contributed by atoms with Crippen molar-refractivity contribution in [3.63, 3.8) is 0 Å². The van der Waals surface area contributed by atoms with Gasteiger partial charge in [0.15, 0.2) is 5.11 Å². The van der Waals surface area contributed by atoms with E-state index in [1.54, 1.807) is 36.4 Å². The van der Waals surface area contributed by atoms with Crippen LogP contribution in [0.1, 0.15) is 10.4 Å². The van der Waals surface area contributed by atoms with E-state index in [2.05, 4.69) is 31.7 Å². The zero-order valence-electron chi connectivity index (χ0n) is 12.7. The van der Waals surface area contributed by atoms with Gasteiger partial charge >= 0.3 is 0 Å². The molecule has 2 aromatic carbocycles. The number of benzene rings is 2. The van der Waals surface area contributed by atoms with E-state index < -0.39 is 11.7 Å².